The summed E-state index contributed by atoms with van der Waals surface area (Å²) in [5, 5.41) is 0.658. The number of aryl methyl sites for hydroxylation is 1. The van der Waals surface area contributed by atoms with E-state index in [1.54, 1.807) is 23.9 Å². The number of para-hydroxylation sites is 1. The summed E-state index contributed by atoms with van der Waals surface area (Å²) >= 11 is 7.62. The van der Waals surface area contributed by atoms with Crippen molar-refractivity contribution in [2.75, 3.05) is 10.8 Å². The van der Waals surface area contributed by atoms with Gasteiger partial charge in [0.1, 0.15) is 0 Å². The average molecular weight is 290 g/mol. The van der Waals surface area contributed by atoms with Gasteiger partial charge in [0.2, 0.25) is 0 Å². The van der Waals surface area contributed by atoms with Crippen molar-refractivity contribution in [3.05, 3.63) is 58.6 Å². The molecule has 2 aromatic carbocycles. The molecule has 0 bridgehead atoms. The molecule has 0 atom stereocenters. The van der Waals surface area contributed by atoms with Crippen LogP contribution in [0.2, 0.25) is 5.02 Å². The molecule has 0 radical (unpaired) electrons. The smallest absolute Gasteiger partial charge is 0.259 e. The molecule has 1 aliphatic heterocycles. The second-order valence-corrected chi connectivity index (χ2v) is 5.86. The number of nitrogens with zero attached hydrogens (tertiary/aromatic N) is 1. The predicted molar refractivity (Wildman–Crippen MR) is 80.2 cm³/mol. The van der Waals surface area contributed by atoms with Crippen LogP contribution >= 0.6 is 23.4 Å². The van der Waals surface area contributed by atoms with Crippen molar-refractivity contribution in [3.8, 4) is 0 Å². The van der Waals surface area contributed by atoms with Crippen LogP contribution in [-0.4, -0.2) is 11.8 Å². The normalized spacial score (nSPS) is 13.5. The summed E-state index contributed by atoms with van der Waals surface area (Å²) in [5.41, 5.74) is 2.61. The first-order valence-corrected chi connectivity index (χ1v) is 7.33. The third kappa shape index (κ3) is 2.24. The van der Waals surface area contributed by atoms with Crippen molar-refractivity contribution in [2.45, 2.75) is 11.8 Å². The summed E-state index contributed by atoms with van der Waals surface area (Å²) in [4.78, 5) is 15.6. The molecule has 0 unspecified atom stereocenters. The van der Waals surface area contributed by atoms with Crippen molar-refractivity contribution < 1.29 is 4.79 Å². The number of fused-ring (bicyclic) bond motifs is 1. The molecule has 1 aliphatic rings. The van der Waals surface area contributed by atoms with E-state index < -0.39 is 0 Å². The fourth-order valence-corrected chi connectivity index (χ4v) is 3.44. The second kappa shape index (κ2) is 4.91. The molecule has 1 amide bonds. The highest BCUT2D eigenvalue weighted by Gasteiger charge is 2.26. The quantitative estimate of drug-likeness (QED) is 0.777. The van der Waals surface area contributed by atoms with Crippen LogP contribution in [0.15, 0.2) is 47.4 Å². The Morgan fingerprint density at radius 3 is 2.84 bits per heavy atom. The number of halogens is 1. The van der Waals surface area contributed by atoms with Gasteiger partial charge in [-0.25, -0.2) is 0 Å². The molecule has 3 rings (SSSR count). The fourth-order valence-electron chi connectivity index (χ4n) is 2.19. The van der Waals surface area contributed by atoms with Gasteiger partial charge in [-0.2, -0.15) is 0 Å². The first kappa shape index (κ1) is 12.6. The molecule has 0 saturated carbocycles. The molecule has 1 heterocycles. The lowest BCUT2D eigenvalue weighted by Crippen LogP contribution is -2.28. The summed E-state index contributed by atoms with van der Waals surface area (Å²) in [7, 11) is 0. The van der Waals surface area contributed by atoms with Crippen molar-refractivity contribution >= 4 is 35.0 Å². The maximum atomic E-state index is 12.6. The molecule has 2 nitrogen and oxygen atoms in total. The van der Waals surface area contributed by atoms with Gasteiger partial charge in [0, 0.05) is 15.5 Å². The Balaban J connectivity index is 1.98. The minimum absolute atomic E-state index is 0.0339. The topological polar surface area (TPSA) is 20.3 Å². The maximum Gasteiger partial charge on any atom is 0.259 e. The van der Waals surface area contributed by atoms with E-state index in [9.17, 15) is 4.79 Å². The molecule has 0 fully saturated rings. The molecule has 2 aromatic rings. The standard InChI is InChI=1S/C15H12ClNOS/c1-10-8-11(16)6-7-12(10)15(18)17-9-19-14-5-3-2-4-13(14)17/h2-8H,9H2,1H3. The van der Waals surface area contributed by atoms with E-state index in [2.05, 4.69) is 0 Å². The molecule has 0 aliphatic carbocycles. The average Bonchev–Trinajstić information content (AvgIpc) is 2.82. The van der Waals surface area contributed by atoms with Crippen molar-refractivity contribution in [2.24, 2.45) is 0 Å². The van der Waals surface area contributed by atoms with Gasteiger partial charge in [-0.15, -0.1) is 11.8 Å². The minimum atomic E-state index is 0.0339. The van der Waals surface area contributed by atoms with E-state index in [1.807, 2.05) is 42.2 Å². The first-order chi connectivity index (χ1) is 9.16. The van der Waals surface area contributed by atoms with Gasteiger partial charge >= 0.3 is 0 Å². The van der Waals surface area contributed by atoms with Crippen LogP contribution < -0.4 is 4.90 Å². The molecule has 4 heteroatoms. The van der Waals surface area contributed by atoms with Gasteiger partial charge in [0.25, 0.3) is 5.91 Å². The number of rotatable bonds is 1. The number of anilines is 1. The summed E-state index contributed by atoms with van der Waals surface area (Å²) in [6.45, 7) is 1.91. The van der Waals surface area contributed by atoms with E-state index in [0.717, 1.165) is 16.1 Å². The zero-order chi connectivity index (χ0) is 13.4. The van der Waals surface area contributed by atoms with E-state index in [1.165, 1.54) is 0 Å². The number of hydrogen-bond donors (Lipinski definition) is 0. The first-order valence-electron chi connectivity index (χ1n) is 5.96. The van der Waals surface area contributed by atoms with E-state index in [-0.39, 0.29) is 5.91 Å². The maximum absolute atomic E-state index is 12.6. The monoisotopic (exact) mass is 289 g/mol. The molecule has 0 aromatic heterocycles. The summed E-state index contributed by atoms with van der Waals surface area (Å²) < 4.78 is 0. The molecule has 0 spiro atoms. The Hall–Kier alpha value is -1.45. The molecular weight excluding hydrogens is 278 g/mol. The van der Waals surface area contributed by atoms with Crippen LogP contribution in [0.25, 0.3) is 0 Å². The van der Waals surface area contributed by atoms with Gasteiger partial charge in [-0.1, -0.05) is 23.7 Å². The molecule has 96 valence electrons. The van der Waals surface area contributed by atoms with Crippen molar-refractivity contribution in [3.63, 3.8) is 0 Å². The van der Waals surface area contributed by atoms with Gasteiger partial charge in [0.15, 0.2) is 0 Å². The van der Waals surface area contributed by atoms with Crippen LogP contribution in [0.5, 0.6) is 0 Å². The Morgan fingerprint density at radius 2 is 2.05 bits per heavy atom. The molecule has 19 heavy (non-hydrogen) atoms. The van der Waals surface area contributed by atoms with Crippen LogP contribution in [0.1, 0.15) is 15.9 Å². The zero-order valence-electron chi connectivity index (χ0n) is 10.4. The van der Waals surface area contributed by atoms with E-state index >= 15 is 0 Å². The number of thioether (sulfide) groups is 1. The fraction of sp³-hybridized carbons (Fsp3) is 0.133. The van der Waals surface area contributed by atoms with Crippen LogP contribution in [-0.2, 0) is 0 Å². The Bertz CT molecular complexity index is 656. The predicted octanol–water partition coefficient (Wildman–Crippen LogP) is 4.36. The summed E-state index contributed by atoms with van der Waals surface area (Å²) in [6, 6.07) is 13.4. The van der Waals surface area contributed by atoms with Crippen molar-refractivity contribution in [1.29, 1.82) is 0 Å². The third-order valence-corrected chi connectivity index (χ3v) is 4.45. The number of amides is 1. The Kier molecular flexibility index (Phi) is 3.25. The minimum Gasteiger partial charge on any atom is -0.297 e. The Labute approximate surface area is 121 Å². The number of carbonyl (C=O) groups is 1. The Morgan fingerprint density at radius 1 is 1.26 bits per heavy atom. The number of hydrogen-bond acceptors (Lipinski definition) is 2. The summed E-state index contributed by atoms with van der Waals surface area (Å²) in [5.74, 6) is 0.701. The van der Waals surface area contributed by atoms with Gasteiger partial charge in [-0.3, -0.25) is 9.69 Å². The number of benzene rings is 2. The highest BCUT2D eigenvalue weighted by atomic mass is 35.5. The largest absolute Gasteiger partial charge is 0.297 e. The van der Waals surface area contributed by atoms with Crippen molar-refractivity contribution in [1.82, 2.24) is 0 Å². The lowest BCUT2D eigenvalue weighted by Gasteiger charge is -2.17. The van der Waals surface area contributed by atoms with E-state index in [0.29, 0.717) is 16.5 Å². The van der Waals surface area contributed by atoms with Gasteiger partial charge < -0.3 is 0 Å². The molecule has 0 N–H and O–H groups in total. The third-order valence-electron chi connectivity index (χ3n) is 3.17. The zero-order valence-corrected chi connectivity index (χ0v) is 12.0. The SMILES string of the molecule is Cc1cc(Cl)ccc1C(=O)N1CSc2ccccc21. The van der Waals surface area contributed by atoms with Crippen LogP contribution in [0.4, 0.5) is 5.69 Å². The lowest BCUT2D eigenvalue weighted by atomic mass is 10.1. The summed E-state index contributed by atoms with van der Waals surface area (Å²) in [6.07, 6.45) is 0. The van der Waals surface area contributed by atoms with Crippen LogP contribution in [0, 0.1) is 6.92 Å². The van der Waals surface area contributed by atoms with Crippen LogP contribution in [0.3, 0.4) is 0 Å². The lowest BCUT2D eigenvalue weighted by molar-refractivity contribution is 0.0991. The highest BCUT2D eigenvalue weighted by molar-refractivity contribution is 8.00. The van der Waals surface area contributed by atoms with Gasteiger partial charge in [-0.05, 0) is 42.8 Å². The van der Waals surface area contributed by atoms with E-state index in [4.69, 9.17) is 11.6 Å². The molecular formula is C15H12ClNOS. The van der Waals surface area contributed by atoms with Gasteiger partial charge in [0.05, 0.1) is 11.6 Å². The molecule has 0 saturated heterocycles. The highest BCUT2D eigenvalue weighted by Crippen LogP contribution is 2.39. The second-order valence-electron chi connectivity index (χ2n) is 4.43. The number of carbonyl (C=O) groups excluding carboxylic acids is 1.